The van der Waals surface area contributed by atoms with Crippen LogP contribution in [0.1, 0.15) is 29.2 Å². The predicted octanol–water partition coefficient (Wildman–Crippen LogP) is 0.768. The van der Waals surface area contributed by atoms with Gasteiger partial charge < -0.3 is 14.2 Å². The van der Waals surface area contributed by atoms with Crippen molar-refractivity contribution in [2.45, 2.75) is 18.9 Å². The lowest BCUT2D eigenvalue weighted by atomic mass is 10.2. The fraction of sp³-hybridized carbons (Fsp3) is 0.364. The summed E-state index contributed by atoms with van der Waals surface area (Å²) in [6.07, 6.45) is 4.95. The van der Waals surface area contributed by atoms with Crippen molar-refractivity contribution in [1.82, 2.24) is 14.1 Å². The summed E-state index contributed by atoms with van der Waals surface area (Å²) < 4.78 is 3.07. The molecule has 3 rings (SSSR count). The number of aromatic nitrogens is 3. The average Bonchev–Trinajstić information content (AvgIpc) is 3.03. The van der Waals surface area contributed by atoms with Gasteiger partial charge in [0.25, 0.3) is 5.56 Å². The lowest BCUT2D eigenvalue weighted by Crippen LogP contribution is -2.19. The Morgan fingerprint density at radius 3 is 2.82 bits per heavy atom. The molecule has 0 aromatic carbocycles. The fourth-order valence-electron chi connectivity index (χ4n) is 2.05. The van der Waals surface area contributed by atoms with E-state index >= 15 is 0 Å². The minimum absolute atomic E-state index is 0.131. The van der Waals surface area contributed by atoms with E-state index in [-0.39, 0.29) is 16.6 Å². The number of fused-ring (bicyclic) bond motifs is 1. The molecule has 2 aromatic heterocycles. The first kappa shape index (κ1) is 10.1. The lowest BCUT2D eigenvalue weighted by molar-refractivity contribution is 0.0697. The highest BCUT2D eigenvalue weighted by Crippen LogP contribution is 2.37. The van der Waals surface area contributed by atoms with Crippen molar-refractivity contribution in [3.8, 4) is 0 Å². The number of pyridine rings is 1. The number of nitrogens with zero attached hydrogens (tertiary/aromatic N) is 3. The zero-order valence-electron chi connectivity index (χ0n) is 9.25. The molecular formula is C11H11N3O3. The molecule has 0 amide bonds. The Bertz CT molecular complexity index is 679. The molecule has 6 heteroatoms. The molecule has 0 radical (unpaired) electrons. The molecule has 6 nitrogen and oxygen atoms in total. The summed E-state index contributed by atoms with van der Waals surface area (Å²) in [5.41, 5.74) is 0.554. The third-order valence-corrected chi connectivity index (χ3v) is 3.07. The molecule has 0 aliphatic heterocycles. The molecule has 88 valence electrons. The lowest BCUT2D eigenvalue weighted by Gasteiger charge is -2.06. The number of aromatic carboxylic acids is 1. The summed E-state index contributed by atoms with van der Waals surface area (Å²) in [4.78, 5) is 27.1. The monoisotopic (exact) mass is 233 g/mol. The van der Waals surface area contributed by atoms with Crippen molar-refractivity contribution in [2.75, 3.05) is 0 Å². The van der Waals surface area contributed by atoms with E-state index in [1.165, 1.54) is 17.8 Å². The Morgan fingerprint density at radius 1 is 1.53 bits per heavy atom. The Hall–Kier alpha value is -2.11. The number of aryl methyl sites for hydroxylation is 1. The molecule has 0 spiro atoms. The van der Waals surface area contributed by atoms with Crippen LogP contribution >= 0.6 is 0 Å². The number of hydrogen-bond acceptors (Lipinski definition) is 3. The largest absolute Gasteiger partial charge is 0.478 e. The van der Waals surface area contributed by atoms with Crippen LogP contribution in [-0.4, -0.2) is 25.2 Å². The SMILES string of the molecule is Cn1cc(C(=O)O)c2c(ncn2C2CC2)c1=O. The molecule has 2 heterocycles. The van der Waals surface area contributed by atoms with Gasteiger partial charge in [-0.25, -0.2) is 9.78 Å². The third-order valence-electron chi connectivity index (χ3n) is 3.07. The highest BCUT2D eigenvalue weighted by atomic mass is 16.4. The van der Waals surface area contributed by atoms with Gasteiger partial charge in [-0.1, -0.05) is 0 Å². The average molecular weight is 233 g/mol. The topological polar surface area (TPSA) is 77.1 Å². The maximum atomic E-state index is 11.9. The van der Waals surface area contributed by atoms with E-state index in [1.54, 1.807) is 10.9 Å². The molecule has 1 N–H and O–H groups in total. The highest BCUT2D eigenvalue weighted by molar-refractivity contribution is 6.00. The van der Waals surface area contributed by atoms with E-state index in [0.717, 1.165) is 12.8 Å². The molecule has 0 bridgehead atoms. The van der Waals surface area contributed by atoms with Gasteiger partial charge in [0.1, 0.15) is 5.56 Å². The van der Waals surface area contributed by atoms with Crippen molar-refractivity contribution >= 4 is 17.0 Å². The van der Waals surface area contributed by atoms with E-state index in [1.807, 2.05) is 0 Å². The Kier molecular flexibility index (Phi) is 1.89. The molecule has 2 aromatic rings. The molecule has 0 atom stereocenters. The molecule has 0 unspecified atom stereocenters. The minimum atomic E-state index is -1.03. The summed E-state index contributed by atoms with van der Waals surface area (Å²) in [5.74, 6) is -1.03. The summed E-state index contributed by atoms with van der Waals surface area (Å²) in [6, 6.07) is 0.296. The number of carboxylic acids is 1. The number of carbonyl (C=O) groups is 1. The van der Waals surface area contributed by atoms with Crippen LogP contribution in [0.3, 0.4) is 0 Å². The zero-order chi connectivity index (χ0) is 12.2. The molecule has 1 aliphatic rings. The predicted molar refractivity (Wildman–Crippen MR) is 60.2 cm³/mol. The first-order valence-electron chi connectivity index (χ1n) is 5.39. The third kappa shape index (κ3) is 1.37. The van der Waals surface area contributed by atoms with Gasteiger partial charge in [-0.05, 0) is 12.8 Å². The zero-order valence-corrected chi connectivity index (χ0v) is 9.25. The summed E-state index contributed by atoms with van der Waals surface area (Å²) >= 11 is 0. The Labute approximate surface area is 96.1 Å². The molecule has 17 heavy (non-hydrogen) atoms. The van der Waals surface area contributed by atoms with Crippen LogP contribution in [0.2, 0.25) is 0 Å². The summed E-state index contributed by atoms with van der Waals surface area (Å²) in [5, 5.41) is 9.19. The van der Waals surface area contributed by atoms with Crippen molar-refractivity contribution in [3.05, 3.63) is 28.4 Å². The minimum Gasteiger partial charge on any atom is -0.478 e. The molecule has 0 saturated heterocycles. The first-order valence-corrected chi connectivity index (χ1v) is 5.39. The number of imidazole rings is 1. The van der Waals surface area contributed by atoms with Crippen LogP contribution < -0.4 is 5.56 Å². The second-order valence-electron chi connectivity index (χ2n) is 4.34. The maximum Gasteiger partial charge on any atom is 0.339 e. The van der Waals surface area contributed by atoms with E-state index in [4.69, 9.17) is 0 Å². The van der Waals surface area contributed by atoms with Gasteiger partial charge in [0.05, 0.1) is 11.8 Å². The van der Waals surface area contributed by atoms with Crippen molar-refractivity contribution < 1.29 is 9.90 Å². The summed E-state index contributed by atoms with van der Waals surface area (Å²) in [6.45, 7) is 0. The van der Waals surface area contributed by atoms with Crippen molar-refractivity contribution in [1.29, 1.82) is 0 Å². The van der Waals surface area contributed by atoms with Gasteiger partial charge in [-0.15, -0.1) is 0 Å². The quantitative estimate of drug-likeness (QED) is 0.831. The Balaban J connectivity index is 2.44. The van der Waals surface area contributed by atoms with Gasteiger partial charge in [-0.3, -0.25) is 4.79 Å². The second kappa shape index (κ2) is 3.19. The van der Waals surface area contributed by atoms with Gasteiger partial charge in [-0.2, -0.15) is 0 Å². The van der Waals surface area contributed by atoms with E-state index in [0.29, 0.717) is 11.6 Å². The van der Waals surface area contributed by atoms with E-state index in [2.05, 4.69) is 4.98 Å². The van der Waals surface area contributed by atoms with E-state index in [9.17, 15) is 14.7 Å². The fourth-order valence-corrected chi connectivity index (χ4v) is 2.05. The molecule has 1 saturated carbocycles. The number of hydrogen-bond donors (Lipinski definition) is 1. The van der Waals surface area contributed by atoms with Gasteiger partial charge in [0.15, 0.2) is 5.52 Å². The Morgan fingerprint density at radius 2 is 2.24 bits per heavy atom. The van der Waals surface area contributed by atoms with Crippen LogP contribution in [0, 0.1) is 0 Å². The van der Waals surface area contributed by atoms with Crippen molar-refractivity contribution in [2.24, 2.45) is 7.05 Å². The second-order valence-corrected chi connectivity index (χ2v) is 4.34. The number of rotatable bonds is 2. The maximum absolute atomic E-state index is 11.9. The highest BCUT2D eigenvalue weighted by Gasteiger charge is 2.28. The van der Waals surface area contributed by atoms with E-state index < -0.39 is 5.97 Å². The van der Waals surface area contributed by atoms with Gasteiger partial charge >= 0.3 is 5.97 Å². The number of carboxylic acid groups (broad SMARTS) is 1. The first-order chi connectivity index (χ1) is 8.09. The normalized spacial score (nSPS) is 15.4. The smallest absolute Gasteiger partial charge is 0.339 e. The van der Waals surface area contributed by atoms with Crippen LogP contribution in [0.4, 0.5) is 0 Å². The summed E-state index contributed by atoms with van der Waals surface area (Å²) in [7, 11) is 1.53. The van der Waals surface area contributed by atoms with Crippen LogP contribution in [-0.2, 0) is 7.05 Å². The van der Waals surface area contributed by atoms with Gasteiger partial charge in [0.2, 0.25) is 0 Å². The van der Waals surface area contributed by atoms with Gasteiger partial charge in [0, 0.05) is 19.3 Å². The molecule has 1 aliphatic carbocycles. The van der Waals surface area contributed by atoms with Crippen LogP contribution in [0.15, 0.2) is 17.3 Å². The molecule has 1 fully saturated rings. The molecular weight excluding hydrogens is 222 g/mol. The van der Waals surface area contributed by atoms with Crippen molar-refractivity contribution in [3.63, 3.8) is 0 Å². The van der Waals surface area contributed by atoms with Crippen LogP contribution in [0.5, 0.6) is 0 Å². The standard InChI is InChI=1S/C11H11N3O3/c1-13-4-7(11(16)17)9-8(10(13)15)12-5-14(9)6-2-3-6/h4-6H,2-3H2,1H3,(H,16,17). The van der Waals surface area contributed by atoms with Crippen LogP contribution in [0.25, 0.3) is 11.0 Å².